The minimum absolute atomic E-state index is 0.413. The van der Waals surface area contributed by atoms with Crippen LogP contribution in [0.3, 0.4) is 0 Å². The molecule has 0 bridgehead atoms. The van der Waals surface area contributed by atoms with Crippen LogP contribution in [0.15, 0.2) is 12.7 Å². The number of aliphatic hydroxyl groups is 1. The summed E-state index contributed by atoms with van der Waals surface area (Å²) in [6.07, 6.45) is 4.51. The highest BCUT2D eigenvalue weighted by molar-refractivity contribution is 5.74. The lowest BCUT2D eigenvalue weighted by Gasteiger charge is -2.16. The van der Waals surface area contributed by atoms with E-state index in [1.807, 2.05) is 0 Å². The van der Waals surface area contributed by atoms with E-state index in [2.05, 4.69) is 18.2 Å². The number of unbranched alkanes of at least 4 members (excludes halogenated alkanes) is 2. The van der Waals surface area contributed by atoms with E-state index in [4.69, 9.17) is 0 Å². The molecule has 0 aliphatic rings. The minimum atomic E-state index is -0.661. The highest BCUT2D eigenvalue weighted by Gasteiger charge is 2.23. The van der Waals surface area contributed by atoms with Gasteiger partial charge >= 0.3 is 5.97 Å². The van der Waals surface area contributed by atoms with Crippen LogP contribution >= 0.6 is 0 Å². The van der Waals surface area contributed by atoms with Gasteiger partial charge in [-0.3, -0.25) is 4.79 Å². The first-order valence-corrected chi connectivity index (χ1v) is 5.05. The van der Waals surface area contributed by atoms with Crippen molar-refractivity contribution >= 4 is 5.97 Å². The van der Waals surface area contributed by atoms with Crippen molar-refractivity contribution in [2.45, 2.75) is 38.7 Å². The Hall–Kier alpha value is -0.830. The van der Waals surface area contributed by atoms with Gasteiger partial charge < -0.3 is 9.84 Å². The maximum atomic E-state index is 11.2. The molecule has 2 atom stereocenters. The topological polar surface area (TPSA) is 46.5 Å². The lowest BCUT2D eigenvalue weighted by Crippen LogP contribution is -2.27. The predicted molar refractivity (Wildman–Crippen MR) is 55.9 cm³/mol. The van der Waals surface area contributed by atoms with E-state index in [0.29, 0.717) is 6.42 Å². The summed E-state index contributed by atoms with van der Waals surface area (Å²) in [7, 11) is 1.32. The summed E-state index contributed by atoms with van der Waals surface area (Å²) in [4.78, 5) is 11.2. The third-order valence-electron chi connectivity index (χ3n) is 2.25. The van der Waals surface area contributed by atoms with Gasteiger partial charge in [0.1, 0.15) is 5.92 Å². The second-order valence-corrected chi connectivity index (χ2v) is 3.35. The van der Waals surface area contributed by atoms with Crippen LogP contribution in [-0.2, 0) is 9.53 Å². The number of carbonyl (C=O) groups is 1. The molecule has 0 saturated carbocycles. The number of aliphatic hydroxyl groups excluding tert-OH is 1. The summed E-state index contributed by atoms with van der Waals surface area (Å²) < 4.78 is 4.56. The Balaban J connectivity index is 3.97. The maximum absolute atomic E-state index is 11.2. The van der Waals surface area contributed by atoms with Gasteiger partial charge in [-0.15, -0.1) is 6.58 Å². The monoisotopic (exact) mass is 200 g/mol. The normalized spacial score (nSPS) is 14.5. The Kier molecular flexibility index (Phi) is 7.11. The average molecular weight is 200 g/mol. The molecule has 82 valence electrons. The zero-order valence-corrected chi connectivity index (χ0v) is 9.03. The number of esters is 1. The fourth-order valence-corrected chi connectivity index (χ4v) is 1.33. The third kappa shape index (κ3) is 4.42. The average Bonchev–Trinajstić information content (AvgIpc) is 2.19. The Bertz CT molecular complexity index is 177. The highest BCUT2D eigenvalue weighted by Crippen LogP contribution is 2.14. The van der Waals surface area contributed by atoms with Crippen LogP contribution in [0.4, 0.5) is 0 Å². The standard InChI is InChI=1S/C11H20O3/c1-4-6-7-8-10(12)9(5-2)11(13)14-3/h5,9-10,12H,2,4,6-8H2,1,3H3/t9-,10+/m1/s1. The number of carbonyl (C=O) groups excluding carboxylic acids is 1. The Labute approximate surface area is 85.8 Å². The van der Waals surface area contributed by atoms with Crippen molar-refractivity contribution in [3.8, 4) is 0 Å². The number of methoxy groups -OCH3 is 1. The highest BCUT2D eigenvalue weighted by atomic mass is 16.5. The molecule has 0 aromatic carbocycles. The van der Waals surface area contributed by atoms with Gasteiger partial charge in [0, 0.05) is 0 Å². The zero-order valence-electron chi connectivity index (χ0n) is 9.03. The molecule has 0 saturated heterocycles. The van der Waals surface area contributed by atoms with Crippen molar-refractivity contribution in [1.29, 1.82) is 0 Å². The van der Waals surface area contributed by atoms with Gasteiger partial charge in [-0.05, 0) is 6.42 Å². The molecular weight excluding hydrogens is 180 g/mol. The van der Waals surface area contributed by atoms with Gasteiger partial charge in [0.2, 0.25) is 0 Å². The number of rotatable bonds is 7. The van der Waals surface area contributed by atoms with Gasteiger partial charge in [-0.25, -0.2) is 0 Å². The van der Waals surface area contributed by atoms with Crippen LogP contribution in [0.1, 0.15) is 32.6 Å². The molecular formula is C11H20O3. The van der Waals surface area contributed by atoms with Crippen molar-refractivity contribution < 1.29 is 14.6 Å². The molecule has 0 rings (SSSR count). The van der Waals surface area contributed by atoms with E-state index in [-0.39, 0.29) is 0 Å². The van der Waals surface area contributed by atoms with Gasteiger partial charge in [0.05, 0.1) is 13.2 Å². The molecule has 1 N–H and O–H groups in total. The maximum Gasteiger partial charge on any atom is 0.315 e. The first-order valence-electron chi connectivity index (χ1n) is 5.05. The van der Waals surface area contributed by atoms with Crippen molar-refractivity contribution in [3.05, 3.63) is 12.7 Å². The lowest BCUT2D eigenvalue weighted by atomic mass is 9.97. The second-order valence-electron chi connectivity index (χ2n) is 3.35. The van der Waals surface area contributed by atoms with Crippen LogP contribution in [0.2, 0.25) is 0 Å². The van der Waals surface area contributed by atoms with Gasteiger partial charge in [0.25, 0.3) is 0 Å². The predicted octanol–water partition coefficient (Wildman–Crippen LogP) is 1.90. The first kappa shape index (κ1) is 13.2. The van der Waals surface area contributed by atoms with Crippen molar-refractivity contribution in [3.63, 3.8) is 0 Å². The third-order valence-corrected chi connectivity index (χ3v) is 2.25. The van der Waals surface area contributed by atoms with E-state index in [9.17, 15) is 9.90 Å². The van der Waals surface area contributed by atoms with Crippen LogP contribution < -0.4 is 0 Å². The summed E-state index contributed by atoms with van der Waals surface area (Å²) in [5, 5.41) is 9.67. The first-order chi connectivity index (χ1) is 6.67. The SMILES string of the molecule is C=C[C@@H](C(=O)OC)[C@@H](O)CCCCC. The fourth-order valence-electron chi connectivity index (χ4n) is 1.33. The van der Waals surface area contributed by atoms with Gasteiger partial charge in [-0.2, -0.15) is 0 Å². The quantitative estimate of drug-likeness (QED) is 0.388. The summed E-state index contributed by atoms with van der Waals surface area (Å²) in [6.45, 7) is 5.61. The van der Waals surface area contributed by atoms with E-state index in [1.165, 1.54) is 13.2 Å². The van der Waals surface area contributed by atoms with Gasteiger partial charge in [-0.1, -0.05) is 32.3 Å². The Morgan fingerprint density at radius 2 is 2.21 bits per heavy atom. The van der Waals surface area contributed by atoms with Crippen LogP contribution in [-0.4, -0.2) is 24.3 Å². The van der Waals surface area contributed by atoms with Crippen LogP contribution in [0.25, 0.3) is 0 Å². The molecule has 0 radical (unpaired) electrons. The molecule has 0 aliphatic heterocycles. The number of ether oxygens (including phenoxy) is 1. The smallest absolute Gasteiger partial charge is 0.315 e. The van der Waals surface area contributed by atoms with E-state index < -0.39 is 18.0 Å². The summed E-state index contributed by atoms with van der Waals surface area (Å²) >= 11 is 0. The molecule has 0 heterocycles. The Morgan fingerprint density at radius 1 is 1.57 bits per heavy atom. The molecule has 0 aromatic heterocycles. The fraction of sp³-hybridized carbons (Fsp3) is 0.727. The molecule has 0 fully saturated rings. The van der Waals surface area contributed by atoms with Crippen molar-refractivity contribution in [1.82, 2.24) is 0 Å². The van der Waals surface area contributed by atoms with Crippen LogP contribution in [0, 0.1) is 5.92 Å². The second kappa shape index (κ2) is 7.56. The van der Waals surface area contributed by atoms with Gasteiger partial charge in [0.15, 0.2) is 0 Å². The molecule has 0 spiro atoms. The number of hydrogen-bond acceptors (Lipinski definition) is 3. The molecule has 3 nitrogen and oxygen atoms in total. The van der Waals surface area contributed by atoms with E-state index in [1.54, 1.807) is 0 Å². The largest absolute Gasteiger partial charge is 0.468 e. The number of hydrogen-bond donors (Lipinski definition) is 1. The molecule has 0 aliphatic carbocycles. The van der Waals surface area contributed by atoms with E-state index >= 15 is 0 Å². The molecule has 3 heteroatoms. The molecule has 14 heavy (non-hydrogen) atoms. The summed E-state index contributed by atoms with van der Waals surface area (Å²) in [5.74, 6) is -0.999. The van der Waals surface area contributed by atoms with Crippen molar-refractivity contribution in [2.75, 3.05) is 7.11 Å². The molecule has 0 aromatic rings. The van der Waals surface area contributed by atoms with E-state index in [0.717, 1.165) is 19.3 Å². The molecule has 0 unspecified atom stereocenters. The van der Waals surface area contributed by atoms with Crippen molar-refractivity contribution in [2.24, 2.45) is 5.92 Å². The van der Waals surface area contributed by atoms with Crippen LogP contribution in [0.5, 0.6) is 0 Å². The Morgan fingerprint density at radius 3 is 2.64 bits per heavy atom. The summed E-state index contributed by atoms with van der Waals surface area (Å²) in [6, 6.07) is 0. The molecule has 0 amide bonds. The lowest BCUT2D eigenvalue weighted by molar-refractivity contribution is -0.147. The zero-order chi connectivity index (χ0) is 11.0. The summed E-state index contributed by atoms with van der Waals surface area (Å²) in [5.41, 5.74) is 0. The minimum Gasteiger partial charge on any atom is -0.468 e.